The first-order valence-corrected chi connectivity index (χ1v) is 7.97. The maximum Gasteiger partial charge on any atom is 0.393 e. The molecule has 2 atom stereocenters. The monoisotopic (exact) mass is 320 g/mol. The molecule has 0 saturated heterocycles. The van der Waals surface area contributed by atoms with Crippen LogP contribution in [0.4, 0.5) is 13.2 Å². The number of halogens is 3. The Kier molecular flexibility index (Phi) is 5.24. The Hall–Kier alpha value is -1.11. The van der Waals surface area contributed by atoms with Crippen molar-refractivity contribution in [1.29, 1.82) is 0 Å². The van der Waals surface area contributed by atoms with Crippen molar-refractivity contribution in [2.45, 2.75) is 50.7 Å². The standard InChI is InChI=1S/C14H19F3N2OS/c1-19(13(20)7-6-10-8-18-9-21-10)12-5-3-2-4-11(12)14(15,16)17/h8-9,11-12H,2-7H2,1H3/t11-,12+/m1/s1. The van der Waals surface area contributed by atoms with E-state index in [9.17, 15) is 18.0 Å². The first-order chi connectivity index (χ1) is 9.89. The van der Waals surface area contributed by atoms with Crippen molar-refractivity contribution in [3.05, 3.63) is 16.6 Å². The van der Waals surface area contributed by atoms with E-state index in [0.29, 0.717) is 19.3 Å². The molecule has 1 saturated carbocycles. The van der Waals surface area contributed by atoms with Gasteiger partial charge in [-0.1, -0.05) is 12.8 Å². The highest BCUT2D eigenvalue weighted by atomic mass is 32.1. The van der Waals surface area contributed by atoms with Crippen LogP contribution in [0.1, 0.15) is 37.0 Å². The summed E-state index contributed by atoms with van der Waals surface area (Å²) >= 11 is 1.46. The van der Waals surface area contributed by atoms with Crippen LogP contribution in [0.2, 0.25) is 0 Å². The summed E-state index contributed by atoms with van der Waals surface area (Å²) in [5, 5.41) is 0. The Morgan fingerprint density at radius 3 is 2.76 bits per heavy atom. The minimum atomic E-state index is -4.22. The summed E-state index contributed by atoms with van der Waals surface area (Å²) in [6.45, 7) is 0. The number of rotatable bonds is 4. The van der Waals surface area contributed by atoms with Crippen molar-refractivity contribution >= 4 is 17.2 Å². The number of carbonyl (C=O) groups excluding carboxylic acids is 1. The fraction of sp³-hybridized carbons (Fsp3) is 0.714. The lowest BCUT2D eigenvalue weighted by Crippen LogP contribution is -2.48. The van der Waals surface area contributed by atoms with Crippen molar-refractivity contribution in [2.24, 2.45) is 5.92 Å². The van der Waals surface area contributed by atoms with Gasteiger partial charge in [-0.15, -0.1) is 11.3 Å². The molecule has 3 nitrogen and oxygen atoms in total. The van der Waals surface area contributed by atoms with E-state index in [2.05, 4.69) is 4.98 Å². The number of carbonyl (C=O) groups is 1. The highest BCUT2D eigenvalue weighted by molar-refractivity contribution is 7.09. The Balaban J connectivity index is 1.96. The third kappa shape index (κ3) is 4.18. The molecule has 0 aromatic carbocycles. The summed E-state index contributed by atoms with van der Waals surface area (Å²) in [4.78, 5) is 18.4. The highest BCUT2D eigenvalue weighted by Gasteiger charge is 2.47. The average molecular weight is 320 g/mol. The minimum Gasteiger partial charge on any atom is -0.342 e. The lowest BCUT2D eigenvalue weighted by atomic mass is 9.83. The summed E-state index contributed by atoms with van der Waals surface area (Å²) in [7, 11) is 1.50. The van der Waals surface area contributed by atoms with Crippen LogP contribution in [-0.4, -0.2) is 35.1 Å². The molecule has 0 N–H and O–H groups in total. The molecule has 21 heavy (non-hydrogen) atoms. The van der Waals surface area contributed by atoms with Crippen molar-refractivity contribution in [3.63, 3.8) is 0 Å². The third-order valence-corrected chi connectivity index (χ3v) is 4.95. The van der Waals surface area contributed by atoms with Gasteiger partial charge in [-0.25, -0.2) is 0 Å². The van der Waals surface area contributed by atoms with E-state index < -0.39 is 18.1 Å². The van der Waals surface area contributed by atoms with Gasteiger partial charge in [0.2, 0.25) is 5.91 Å². The van der Waals surface area contributed by atoms with E-state index >= 15 is 0 Å². The average Bonchev–Trinajstić information content (AvgIpc) is 2.96. The van der Waals surface area contributed by atoms with E-state index in [1.165, 1.54) is 23.3 Å². The molecule has 0 radical (unpaired) electrons. The summed E-state index contributed by atoms with van der Waals surface area (Å²) in [5.41, 5.74) is 1.68. The maximum atomic E-state index is 13.1. The third-order valence-electron chi connectivity index (χ3n) is 4.11. The largest absolute Gasteiger partial charge is 0.393 e. The lowest BCUT2D eigenvalue weighted by molar-refractivity contribution is -0.198. The number of alkyl halides is 3. The van der Waals surface area contributed by atoms with Crippen LogP contribution in [0.15, 0.2) is 11.7 Å². The van der Waals surface area contributed by atoms with Crippen LogP contribution >= 0.6 is 11.3 Å². The molecule has 1 fully saturated rings. The Morgan fingerprint density at radius 1 is 1.43 bits per heavy atom. The van der Waals surface area contributed by atoms with Gasteiger partial charge in [0.15, 0.2) is 0 Å². The van der Waals surface area contributed by atoms with Crippen LogP contribution in [-0.2, 0) is 11.2 Å². The number of aromatic nitrogens is 1. The summed E-state index contributed by atoms with van der Waals surface area (Å²) < 4.78 is 39.2. The molecule has 7 heteroatoms. The molecule has 118 valence electrons. The Morgan fingerprint density at radius 2 is 2.14 bits per heavy atom. The molecule has 1 aliphatic rings. The smallest absolute Gasteiger partial charge is 0.342 e. The molecule has 1 aromatic rings. The predicted molar refractivity (Wildman–Crippen MR) is 75.0 cm³/mol. The number of amides is 1. The summed E-state index contributed by atoms with van der Waals surface area (Å²) in [6.07, 6.45) is 0.145. The zero-order chi connectivity index (χ0) is 15.5. The molecule has 1 amide bonds. The van der Waals surface area contributed by atoms with Crippen LogP contribution in [0, 0.1) is 5.92 Å². The first kappa shape index (κ1) is 16.3. The zero-order valence-corrected chi connectivity index (χ0v) is 12.7. The normalized spacial score (nSPS) is 23.0. The molecule has 1 aromatic heterocycles. The molecular weight excluding hydrogens is 301 g/mol. The topological polar surface area (TPSA) is 33.2 Å². The zero-order valence-electron chi connectivity index (χ0n) is 11.9. The second kappa shape index (κ2) is 6.77. The fourth-order valence-corrected chi connectivity index (χ4v) is 3.51. The van der Waals surface area contributed by atoms with E-state index in [0.717, 1.165) is 11.3 Å². The van der Waals surface area contributed by atoms with E-state index in [1.54, 1.807) is 11.7 Å². The van der Waals surface area contributed by atoms with Crippen molar-refractivity contribution < 1.29 is 18.0 Å². The van der Waals surface area contributed by atoms with E-state index in [4.69, 9.17) is 0 Å². The van der Waals surface area contributed by atoms with Gasteiger partial charge in [0.25, 0.3) is 0 Å². The number of nitrogens with zero attached hydrogens (tertiary/aromatic N) is 2. The molecule has 0 bridgehead atoms. The first-order valence-electron chi connectivity index (χ1n) is 7.09. The van der Waals surface area contributed by atoms with Gasteiger partial charge in [0.1, 0.15) is 0 Å². The molecule has 1 aliphatic carbocycles. The second-order valence-electron chi connectivity index (χ2n) is 5.47. The second-order valence-corrected chi connectivity index (χ2v) is 6.44. The molecule has 0 aliphatic heterocycles. The Bertz CT molecular complexity index is 461. The van der Waals surface area contributed by atoms with Gasteiger partial charge >= 0.3 is 6.18 Å². The summed E-state index contributed by atoms with van der Waals surface area (Å²) in [5.74, 6) is -1.60. The van der Waals surface area contributed by atoms with Gasteiger partial charge in [0, 0.05) is 30.6 Å². The van der Waals surface area contributed by atoms with Gasteiger partial charge in [0.05, 0.1) is 11.4 Å². The van der Waals surface area contributed by atoms with Crippen LogP contribution in [0.3, 0.4) is 0 Å². The summed E-state index contributed by atoms with van der Waals surface area (Å²) in [6, 6.07) is -0.715. The molecular formula is C14H19F3N2OS. The molecule has 0 unspecified atom stereocenters. The van der Waals surface area contributed by atoms with Gasteiger partial charge in [-0.05, 0) is 19.3 Å². The molecule has 0 spiro atoms. The number of hydrogen-bond acceptors (Lipinski definition) is 3. The van der Waals surface area contributed by atoms with Crippen molar-refractivity contribution in [2.75, 3.05) is 7.05 Å². The van der Waals surface area contributed by atoms with Gasteiger partial charge in [-0.3, -0.25) is 9.78 Å². The van der Waals surface area contributed by atoms with E-state index in [1.807, 2.05) is 0 Å². The minimum absolute atomic E-state index is 0.126. The number of hydrogen-bond donors (Lipinski definition) is 0. The maximum absolute atomic E-state index is 13.1. The van der Waals surface area contributed by atoms with Crippen molar-refractivity contribution in [1.82, 2.24) is 9.88 Å². The molecule has 2 rings (SSSR count). The van der Waals surface area contributed by atoms with Crippen LogP contribution in [0.25, 0.3) is 0 Å². The van der Waals surface area contributed by atoms with Gasteiger partial charge in [-0.2, -0.15) is 13.2 Å². The molecule has 1 heterocycles. The van der Waals surface area contributed by atoms with Crippen molar-refractivity contribution in [3.8, 4) is 0 Å². The van der Waals surface area contributed by atoms with E-state index in [-0.39, 0.29) is 18.7 Å². The van der Waals surface area contributed by atoms with Crippen LogP contribution in [0.5, 0.6) is 0 Å². The highest BCUT2D eigenvalue weighted by Crippen LogP contribution is 2.39. The van der Waals surface area contributed by atoms with Crippen LogP contribution < -0.4 is 0 Å². The SMILES string of the molecule is CN(C(=O)CCc1cncs1)[C@H]1CCCC[C@H]1C(F)(F)F. The lowest BCUT2D eigenvalue weighted by Gasteiger charge is -2.38. The van der Waals surface area contributed by atoms with Gasteiger partial charge < -0.3 is 4.90 Å². The number of aryl methyl sites for hydroxylation is 1. The number of thiazole rings is 1. The Labute approximate surface area is 126 Å². The quantitative estimate of drug-likeness (QED) is 0.848. The predicted octanol–water partition coefficient (Wildman–Crippen LogP) is 3.66. The fourth-order valence-electron chi connectivity index (χ4n) is 2.91.